The molecule has 17 heavy (non-hydrogen) atoms. The van der Waals surface area contributed by atoms with Crippen LogP contribution < -0.4 is 0 Å². The van der Waals surface area contributed by atoms with Gasteiger partial charge in [0.25, 0.3) is 0 Å². The van der Waals surface area contributed by atoms with E-state index in [0.717, 1.165) is 21.2 Å². The molecule has 0 fully saturated rings. The Kier molecular flexibility index (Phi) is 2.53. The monoisotopic (exact) mass is 304 g/mol. The fraction of sp³-hybridized carbons (Fsp3) is 0.0714. The third-order valence-corrected chi connectivity index (χ3v) is 4.96. The van der Waals surface area contributed by atoms with E-state index < -0.39 is 0 Å². The van der Waals surface area contributed by atoms with Gasteiger partial charge in [-0.15, -0.1) is 11.3 Å². The SMILES string of the molecule is Cc1c(C=O)sc2c1cc(Br)c1ccccc12. The van der Waals surface area contributed by atoms with Gasteiger partial charge in [-0.2, -0.15) is 0 Å². The first-order chi connectivity index (χ1) is 8.22. The number of carbonyl (C=O) groups is 1. The van der Waals surface area contributed by atoms with Crippen LogP contribution in [0.15, 0.2) is 34.8 Å². The van der Waals surface area contributed by atoms with Crippen molar-refractivity contribution >= 4 is 54.4 Å². The van der Waals surface area contributed by atoms with Gasteiger partial charge in [0, 0.05) is 14.6 Å². The van der Waals surface area contributed by atoms with Gasteiger partial charge in [0.15, 0.2) is 6.29 Å². The maximum absolute atomic E-state index is 11.0. The molecule has 0 aliphatic carbocycles. The molecule has 1 nitrogen and oxygen atoms in total. The number of hydrogen-bond acceptors (Lipinski definition) is 2. The van der Waals surface area contributed by atoms with E-state index in [-0.39, 0.29) is 0 Å². The predicted molar refractivity (Wildman–Crippen MR) is 77.2 cm³/mol. The Morgan fingerprint density at radius 1 is 1.18 bits per heavy atom. The van der Waals surface area contributed by atoms with Crippen molar-refractivity contribution in [1.82, 2.24) is 0 Å². The predicted octanol–water partition coefficient (Wildman–Crippen LogP) is 4.94. The highest BCUT2D eigenvalue weighted by Gasteiger charge is 2.12. The molecule has 3 heteroatoms. The minimum atomic E-state index is 0.822. The summed E-state index contributed by atoms with van der Waals surface area (Å²) in [5.74, 6) is 0. The quantitative estimate of drug-likeness (QED) is 0.582. The normalized spacial score (nSPS) is 11.2. The van der Waals surface area contributed by atoms with E-state index in [1.165, 1.54) is 20.9 Å². The summed E-state index contributed by atoms with van der Waals surface area (Å²) >= 11 is 5.17. The third kappa shape index (κ3) is 1.53. The second-order valence-corrected chi connectivity index (χ2v) is 5.90. The van der Waals surface area contributed by atoms with E-state index in [4.69, 9.17) is 0 Å². The Morgan fingerprint density at radius 2 is 1.88 bits per heavy atom. The average molecular weight is 305 g/mol. The van der Waals surface area contributed by atoms with Gasteiger partial charge in [0.1, 0.15) is 0 Å². The Morgan fingerprint density at radius 3 is 2.59 bits per heavy atom. The molecule has 0 atom stereocenters. The molecule has 0 bridgehead atoms. The topological polar surface area (TPSA) is 17.1 Å². The summed E-state index contributed by atoms with van der Waals surface area (Å²) in [7, 11) is 0. The van der Waals surface area contributed by atoms with E-state index in [1.807, 2.05) is 19.1 Å². The number of rotatable bonds is 1. The van der Waals surface area contributed by atoms with Crippen molar-refractivity contribution in [3.63, 3.8) is 0 Å². The number of benzene rings is 2. The van der Waals surface area contributed by atoms with E-state index in [0.29, 0.717) is 0 Å². The van der Waals surface area contributed by atoms with Gasteiger partial charge in [-0.1, -0.05) is 40.2 Å². The van der Waals surface area contributed by atoms with Gasteiger partial charge in [0.05, 0.1) is 4.88 Å². The lowest BCUT2D eigenvalue weighted by Gasteiger charge is -2.02. The van der Waals surface area contributed by atoms with Crippen LogP contribution in [0.2, 0.25) is 0 Å². The highest BCUT2D eigenvalue weighted by atomic mass is 79.9. The molecule has 0 saturated heterocycles. The third-order valence-electron chi connectivity index (χ3n) is 3.04. The molecule has 0 spiro atoms. The van der Waals surface area contributed by atoms with Crippen LogP contribution in [0.3, 0.4) is 0 Å². The molecular formula is C14H9BrOS. The number of aldehydes is 1. The molecule has 1 heterocycles. The lowest BCUT2D eigenvalue weighted by atomic mass is 10.1. The van der Waals surface area contributed by atoms with E-state index in [9.17, 15) is 4.79 Å². The molecule has 0 N–H and O–H groups in total. The first-order valence-electron chi connectivity index (χ1n) is 5.28. The fourth-order valence-corrected chi connectivity index (χ4v) is 3.84. The van der Waals surface area contributed by atoms with Crippen molar-refractivity contribution in [2.45, 2.75) is 6.92 Å². The smallest absolute Gasteiger partial charge is 0.160 e. The van der Waals surface area contributed by atoms with Crippen molar-refractivity contribution in [2.24, 2.45) is 0 Å². The molecule has 0 aliphatic heterocycles. The van der Waals surface area contributed by atoms with E-state index >= 15 is 0 Å². The number of aryl methyl sites for hydroxylation is 1. The summed E-state index contributed by atoms with van der Waals surface area (Å²) in [4.78, 5) is 11.8. The average Bonchev–Trinajstić information content (AvgIpc) is 2.67. The van der Waals surface area contributed by atoms with Gasteiger partial charge < -0.3 is 0 Å². The molecular weight excluding hydrogens is 296 g/mol. The summed E-state index contributed by atoms with van der Waals surface area (Å²) in [5, 5.41) is 3.57. The van der Waals surface area contributed by atoms with Crippen LogP contribution in [0.25, 0.3) is 20.9 Å². The second kappa shape index (κ2) is 3.93. The molecule has 2 aromatic carbocycles. The van der Waals surface area contributed by atoms with E-state index in [2.05, 4.69) is 34.1 Å². The second-order valence-electron chi connectivity index (χ2n) is 3.99. The first-order valence-corrected chi connectivity index (χ1v) is 6.89. The van der Waals surface area contributed by atoms with Crippen molar-refractivity contribution in [3.8, 4) is 0 Å². The van der Waals surface area contributed by atoms with Crippen molar-refractivity contribution in [1.29, 1.82) is 0 Å². The largest absolute Gasteiger partial charge is 0.297 e. The van der Waals surface area contributed by atoms with Gasteiger partial charge in [0.2, 0.25) is 0 Å². The Balaban J connectivity index is 2.60. The van der Waals surface area contributed by atoms with Crippen LogP contribution in [-0.2, 0) is 0 Å². The first kappa shape index (κ1) is 10.9. The Hall–Kier alpha value is -1.19. The maximum atomic E-state index is 11.0. The molecule has 84 valence electrons. The maximum Gasteiger partial charge on any atom is 0.160 e. The standard InChI is InChI=1S/C14H9BrOS/c1-8-11-6-12(15)9-4-2-3-5-10(9)14(11)17-13(8)7-16/h2-7H,1H3. The van der Waals surface area contributed by atoms with Gasteiger partial charge >= 0.3 is 0 Å². The summed E-state index contributed by atoms with van der Waals surface area (Å²) < 4.78 is 2.28. The summed E-state index contributed by atoms with van der Waals surface area (Å²) in [6.07, 6.45) is 0.947. The van der Waals surface area contributed by atoms with Crippen LogP contribution in [0.1, 0.15) is 15.2 Å². The summed E-state index contributed by atoms with van der Waals surface area (Å²) in [5.41, 5.74) is 1.08. The number of fused-ring (bicyclic) bond motifs is 3. The Labute approximate surface area is 111 Å². The van der Waals surface area contributed by atoms with Crippen LogP contribution in [0, 0.1) is 6.92 Å². The fourth-order valence-electron chi connectivity index (χ4n) is 2.12. The van der Waals surface area contributed by atoms with Gasteiger partial charge in [-0.25, -0.2) is 0 Å². The minimum absolute atomic E-state index is 0.822. The number of thiophene rings is 1. The van der Waals surface area contributed by atoms with Crippen molar-refractivity contribution < 1.29 is 4.79 Å². The molecule has 0 amide bonds. The molecule has 3 aromatic rings. The Bertz CT molecular complexity index is 743. The van der Waals surface area contributed by atoms with Crippen molar-refractivity contribution in [3.05, 3.63) is 45.2 Å². The number of halogens is 1. The molecule has 3 rings (SSSR count). The zero-order valence-electron chi connectivity index (χ0n) is 9.16. The molecule has 0 unspecified atom stereocenters. The molecule has 0 radical (unpaired) electrons. The molecule has 1 aromatic heterocycles. The highest BCUT2D eigenvalue weighted by Crippen LogP contribution is 2.38. The zero-order chi connectivity index (χ0) is 12.0. The lowest BCUT2D eigenvalue weighted by molar-refractivity contribution is 0.112. The molecule has 0 aliphatic rings. The molecule has 0 saturated carbocycles. The van der Waals surface area contributed by atoms with Crippen molar-refractivity contribution in [2.75, 3.05) is 0 Å². The van der Waals surface area contributed by atoms with Gasteiger partial charge in [-0.3, -0.25) is 4.79 Å². The van der Waals surface area contributed by atoms with Crippen LogP contribution in [0.5, 0.6) is 0 Å². The number of carbonyl (C=O) groups excluding carboxylic acids is 1. The zero-order valence-corrected chi connectivity index (χ0v) is 11.6. The summed E-state index contributed by atoms with van der Waals surface area (Å²) in [6, 6.07) is 10.4. The highest BCUT2D eigenvalue weighted by molar-refractivity contribution is 9.10. The lowest BCUT2D eigenvalue weighted by Crippen LogP contribution is -1.78. The van der Waals surface area contributed by atoms with Crippen LogP contribution in [0.4, 0.5) is 0 Å². The number of hydrogen-bond donors (Lipinski definition) is 0. The summed E-state index contributed by atoms with van der Waals surface area (Å²) in [6.45, 7) is 2.00. The van der Waals surface area contributed by atoms with Gasteiger partial charge in [-0.05, 0) is 29.3 Å². The van der Waals surface area contributed by atoms with Crippen LogP contribution >= 0.6 is 27.3 Å². The van der Waals surface area contributed by atoms with Crippen LogP contribution in [-0.4, -0.2) is 6.29 Å². The minimum Gasteiger partial charge on any atom is -0.297 e. The van der Waals surface area contributed by atoms with E-state index in [1.54, 1.807) is 11.3 Å².